The van der Waals surface area contributed by atoms with E-state index in [0.29, 0.717) is 6.42 Å². The van der Waals surface area contributed by atoms with Gasteiger partial charge in [0.15, 0.2) is 0 Å². The molecule has 0 aromatic rings. The Balaban J connectivity index is -0.000000245. The second kappa shape index (κ2) is 5.81. The van der Waals surface area contributed by atoms with Gasteiger partial charge >= 0.3 is 38.6 Å². The summed E-state index contributed by atoms with van der Waals surface area (Å²) in [6.45, 7) is 2.00. The molecule has 0 fully saturated rings. The molecule has 0 aliphatic rings. The van der Waals surface area contributed by atoms with Crippen LogP contribution >= 0.6 is 0 Å². The molecule has 0 rings (SSSR count). The van der Waals surface area contributed by atoms with Crippen LogP contribution in [0.2, 0.25) is 0 Å². The Bertz CT molecular complexity index is 68.0. The van der Waals surface area contributed by atoms with Gasteiger partial charge in [0.25, 0.3) is 0 Å². The Hall–Kier alpha value is 1.06. The monoisotopic (exact) mass is 162 g/mol. The van der Waals surface area contributed by atoms with Crippen molar-refractivity contribution in [2.45, 2.75) is 13.3 Å². The van der Waals surface area contributed by atoms with Crippen molar-refractivity contribution < 1.29 is 49.8 Å². The standard InChI is InChI=1S/C3H10O4Si.Na.H/c1-2-3-7-8(4,5)6;;/h4-6H,2-3H2,1H3;;/q;+1;-1. The van der Waals surface area contributed by atoms with Crippen molar-refractivity contribution >= 4 is 9.05 Å². The third-order valence-corrected chi connectivity index (χ3v) is 1.09. The molecule has 0 heterocycles. The van der Waals surface area contributed by atoms with Crippen molar-refractivity contribution in [1.29, 1.82) is 0 Å². The third kappa shape index (κ3) is 12.3. The van der Waals surface area contributed by atoms with Gasteiger partial charge in [0.05, 0.1) is 0 Å². The van der Waals surface area contributed by atoms with Crippen molar-refractivity contribution in [2.24, 2.45) is 0 Å². The van der Waals surface area contributed by atoms with Crippen molar-refractivity contribution in [3.8, 4) is 0 Å². The Morgan fingerprint density at radius 2 is 1.89 bits per heavy atom. The van der Waals surface area contributed by atoms with E-state index >= 15 is 0 Å². The van der Waals surface area contributed by atoms with Gasteiger partial charge in [-0.3, -0.25) is 0 Å². The molecule has 0 amide bonds. The molecule has 0 atom stereocenters. The van der Waals surface area contributed by atoms with E-state index in [1.54, 1.807) is 6.92 Å². The van der Waals surface area contributed by atoms with Crippen LogP contribution in [0.4, 0.5) is 0 Å². The molecule has 52 valence electrons. The SMILES string of the molecule is CCCO[Si](O)(O)O.[H-].[Na+]. The van der Waals surface area contributed by atoms with Gasteiger partial charge in [0.2, 0.25) is 0 Å². The average Bonchev–Trinajstić information content (AvgIpc) is 1.59. The second-order valence-electron chi connectivity index (χ2n) is 1.42. The summed E-state index contributed by atoms with van der Waals surface area (Å²) in [5.41, 5.74) is 0. The maximum atomic E-state index is 8.18. The molecule has 6 heteroatoms. The van der Waals surface area contributed by atoms with Crippen LogP contribution in [0.1, 0.15) is 14.8 Å². The zero-order valence-electron chi connectivity index (χ0n) is 6.66. The van der Waals surface area contributed by atoms with Gasteiger partial charge in [0, 0.05) is 6.61 Å². The minimum atomic E-state index is -4.18. The van der Waals surface area contributed by atoms with Gasteiger partial charge in [-0.15, -0.1) is 0 Å². The van der Waals surface area contributed by atoms with Crippen molar-refractivity contribution in [3.63, 3.8) is 0 Å². The Kier molecular flexibility index (Phi) is 8.21. The van der Waals surface area contributed by atoms with Gasteiger partial charge in [-0.2, -0.15) is 0 Å². The quantitative estimate of drug-likeness (QED) is 0.369. The fraction of sp³-hybridized carbons (Fsp3) is 1.00. The summed E-state index contributed by atoms with van der Waals surface area (Å²) in [5.74, 6) is 0. The summed E-state index contributed by atoms with van der Waals surface area (Å²) in [4.78, 5) is 24.5. The topological polar surface area (TPSA) is 69.9 Å². The summed E-state index contributed by atoms with van der Waals surface area (Å²) in [6.07, 6.45) is 0.663. The maximum absolute atomic E-state index is 8.18. The fourth-order valence-electron chi connectivity index (χ4n) is 0.239. The van der Waals surface area contributed by atoms with E-state index in [1.807, 2.05) is 0 Å². The summed E-state index contributed by atoms with van der Waals surface area (Å²) in [6, 6.07) is 0. The number of rotatable bonds is 3. The van der Waals surface area contributed by atoms with E-state index < -0.39 is 9.05 Å². The van der Waals surface area contributed by atoms with E-state index in [0.717, 1.165) is 0 Å². The fourth-order valence-corrected chi connectivity index (χ4v) is 0.717. The van der Waals surface area contributed by atoms with Crippen molar-refractivity contribution in [3.05, 3.63) is 0 Å². The van der Waals surface area contributed by atoms with E-state index in [-0.39, 0.29) is 37.6 Å². The largest absolute Gasteiger partial charge is 1.00 e. The number of hydrogen-bond donors (Lipinski definition) is 3. The zero-order valence-corrected chi connectivity index (χ0v) is 8.66. The Morgan fingerprint density at radius 1 is 1.44 bits per heavy atom. The summed E-state index contributed by atoms with van der Waals surface area (Å²) in [7, 11) is -4.18. The van der Waals surface area contributed by atoms with Gasteiger partial charge in [-0.25, -0.2) is 0 Å². The summed E-state index contributed by atoms with van der Waals surface area (Å²) in [5, 5.41) is 0. The van der Waals surface area contributed by atoms with Crippen LogP contribution in [0.3, 0.4) is 0 Å². The van der Waals surface area contributed by atoms with Crippen LogP contribution in [-0.4, -0.2) is 30.0 Å². The molecular formula is C3H11NaO4Si. The molecule has 3 N–H and O–H groups in total. The molecule has 0 bridgehead atoms. The van der Waals surface area contributed by atoms with Crippen LogP contribution in [0.15, 0.2) is 0 Å². The molecule has 0 unspecified atom stereocenters. The summed E-state index contributed by atoms with van der Waals surface area (Å²) >= 11 is 0. The smallest absolute Gasteiger partial charge is 1.00 e. The number of hydrogen-bond acceptors (Lipinski definition) is 4. The van der Waals surface area contributed by atoms with Crippen LogP contribution in [0, 0.1) is 0 Å². The molecule has 0 saturated carbocycles. The van der Waals surface area contributed by atoms with Crippen LogP contribution in [0.5, 0.6) is 0 Å². The van der Waals surface area contributed by atoms with E-state index in [9.17, 15) is 0 Å². The predicted octanol–water partition coefficient (Wildman–Crippen LogP) is -4.06. The van der Waals surface area contributed by atoms with Crippen LogP contribution < -0.4 is 29.6 Å². The predicted molar refractivity (Wildman–Crippen MR) is 29.8 cm³/mol. The van der Waals surface area contributed by atoms with Crippen molar-refractivity contribution in [2.75, 3.05) is 6.61 Å². The van der Waals surface area contributed by atoms with Gasteiger partial charge in [-0.1, -0.05) is 6.92 Å². The minimum absolute atomic E-state index is 0. The second-order valence-corrected chi connectivity index (χ2v) is 2.86. The van der Waals surface area contributed by atoms with E-state index in [1.165, 1.54) is 0 Å². The first-order chi connectivity index (χ1) is 3.56. The molecule has 0 radical (unpaired) electrons. The minimum Gasteiger partial charge on any atom is -1.00 e. The third-order valence-electron chi connectivity index (χ3n) is 0.500. The van der Waals surface area contributed by atoms with Gasteiger partial charge in [-0.05, 0) is 6.42 Å². The molecule has 0 aliphatic carbocycles. The zero-order chi connectivity index (χ0) is 6.62. The van der Waals surface area contributed by atoms with Crippen LogP contribution in [-0.2, 0) is 4.43 Å². The van der Waals surface area contributed by atoms with Gasteiger partial charge in [0.1, 0.15) is 0 Å². The first-order valence-electron chi connectivity index (χ1n) is 2.37. The first kappa shape index (κ1) is 12.7. The molecule has 4 nitrogen and oxygen atoms in total. The van der Waals surface area contributed by atoms with Crippen molar-refractivity contribution in [1.82, 2.24) is 0 Å². The normalized spacial score (nSPS) is 10.7. The Morgan fingerprint density at radius 3 is 2.00 bits per heavy atom. The summed E-state index contributed by atoms with van der Waals surface area (Å²) < 4.78 is 4.18. The van der Waals surface area contributed by atoms with Crippen LogP contribution in [0.25, 0.3) is 0 Å². The molecule has 0 aliphatic heterocycles. The molecule has 0 aromatic heterocycles. The first-order valence-corrected chi connectivity index (χ1v) is 4.12. The molecular weight excluding hydrogens is 151 g/mol. The van der Waals surface area contributed by atoms with Gasteiger partial charge < -0.3 is 20.2 Å². The average molecular weight is 162 g/mol. The Labute approximate surface area is 78.7 Å². The molecule has 0 saturated heterocycles. The molecule has 0 aromatic carbocycles. The molecule has 0 spiro atoms. The maximum Gasteiger partial charge on any atom is 1.00 e. The molecule has 9 heavy (non-hydrogen) atoms. The van der Waals surface area contributed by atoms with E-state index in [2.05, 4.69) is 4.43 Å². The van der Waals surface area contributed by atoms with E-state index in [4.69, 9.17) is 14.4 Å².